The molecule has 0 aliphatic carbocycles. The van der Waals surface area contributed by atoms with Crippen LogP contribution in [0.4, 0.5) is 4.39 Å². The van der Waals surface area contributed by atoms with Crippen LogP contribution in [0, 0.1) is 5.82 Å². The Kier molecular flexibility index (Phi) is 5.85. The van der Waals surface area contributed by atoms with Crippen LogP contribution in [0.1, 0.15) is 42.1 Å². The highest BCUT2D eigenvalue weighted by atomic mass is 32.2. The minimum Gasteiger partial charge on any atom is -0.480 e. The molecule has 0 bridgehead atoms. The summed E-state index contributed by atoms with van der Waals surface area (Å²) in [5.74, 6) is -1.10. The number of carboxylic acids is 1. The first-order valence-electron chi connectivity index (χ1n) is 8.91. The first kappa shape index (κ1) is 19.4. The highest BCUT2D eigenvalue weighted by molar-refractivity contribution is 8.00. The summed E-state index contributed by atoms with van der Waals surface area (Å²) >= 11 is 1.18. The van der Waals surface area contributed by atoms with Gasteiger partial charge in [-0.15, -0.1) is 11.8 Å². The molecule has 0 saturated carbocycles. The van der Waals surface area contributed by atoms with Crippen molar-refractivity contribution in [3.8, 4) is 0 Å². The molecule has 6 heteroatoms. The second kappa shape index (κ2) is 8.13. The molecule has 2 aromatic carbocycles. The molecule has 3 rings (SSSR count). The summed E-state index contributed by atoms with van der Waals surface area (Å²) in [6, 6.07) is 13.6. The van der Waals surface area contributed by atoms with Crippen LogP contribution < -0.4 is 0 Å². The molecule has 3 atom stereocenters. The molecule has 142 valence electrons. The fourth-order valence-electron chi connectivity index (χ4n) is 3.43. The molecular weight excluding hydrogens is 365 g/mol. The number of halogens is 1. The smallest absolute Gasteiger partial charge is 0.316 e. The van der Waals surface area contributed by atoms with Crippen LogP contribution >= 0.6 is 11.8 Å². The first-order valence-corrected chi connectivity index (χ1v) is 9.79. The Morgan fingerprint density at radius 1 is 1.19 bits per heavy atom. The lowest BCUT2D eigenvalue weighted by molar-refractivity contribution is -0.136. The highest BCUT2D eigenvalue weighted by Crippen LogP contribution is 2.34. The summed E-state index contributed by atoms with van der Waals surface area (Å²) in [7, 11) is 0. The van der Waals surface area contributed by atoms with Crippen molar-refractivity contribution >= 4 is 23.6 Å². The molecule has 3 unspecified atom stereocenters. The molecule has 0 aromatic heterocycles. The maximum Gasteiger partial charge on any atom is 0.316 e. The van der Waals surface area contributed by atoms with Crippen LogP contribution in [0.5, 0.6) is 0 Å². The second-order valence-electron chi connectivity index (χ2n) is 6.89. The SMILES string of the molecule is CC(Sc1ccccc1C(=O)N1CC(c2ccc(F)cc2)CC1C)C(=O)O. The van der Waals surface area contributed by atoms with Gasteiger partial charge in [-0.25, -0.2) is 4.39 Å². The number of amides is 1. The van der Waals surface area contributed by atoms with E-state index in [4.69, 9.17) is 5.11 Å². The molecule has 27 heavy (non-hydrogen) atoms. The molecule has 1 saturated heterocycles. The van der Waals surface area contributed by atoms with Crippen LogP contribution in [0.2, 0.25) is 0 Å². The van der Waals surface area contributed by atoms with Gasteiger partial charge in [0.2, 0.25) is 0 Å². The Morgan fingerprint density at radius 3 is 2.52 bits per heavy atom. The fraction of sp³-hybridized carbons (Fsp3) is 0.333. The quantitative estimate of drug-likeness (QED) is 0.772. The number of nitrogens with zero attached hydrogens (tertiary/aromatic N) is 1. The van der Waals surface area contributed by atoms with E-state index in [-0.39, 0.29) is 23.7 Å². The zero-order valence-corrected chi connectivity index (χ0v) is 16.1. The van der Waals surface area contributed by atoms with E-state index in [1.165, 1.54) is 23.9 Å². The van der Waals surface area contributed by atoms with E-state index in [1.807, 2.05) is 17.9 Å². The van der Waals surface area contributed by atoms with E-state index in [9.17, 15) is 14.0 Å². The molecule has 1 heterocycles. The molecule has 4 nitrogen and oxygen atoms in total. The van der Waals surface area contributed by atoms with Crippen molar-refractivity contribution in [3.63, 3.8) is 0 Å². The zero-order valence-electron chi connectivity index (χ0n) is 15.3. The van der Waals surface area contributed by atoms with Crippen molar-refractivity contribution in [2.24, 2.45) is 0 Å². The number of hydrogen-bond donors (Lipinski definition) is 1. The molecule has 1 aliphatic rings. The van der Waals surface area contributed by atoms with Gasteiger partial charge in [-0.3, -0.25) is 9.59 Å². The largest absolute Gasteiger partial charge is 0.480 e. The van der Waals surface area contributed by atoms with E-state index in [2.05, 4.69) is 0 Å². The molecule has 1 N–H and O–H groups in total. The second-order valence-corrected chi connectivity index (χ2v) is 8.27. The third kappa shape index (κ3) is 4.33. The minimum absolute atomic E-state index is 0.0579. The monoisotopic (exact) mass is 387 g/mol. The molecule has 0 spiro atoms. The summed E-state index contributed by atoms with van der Waals surface area (Å²) in [5.41, 5.74) is 1.56. The number of rotatable bonds is 5. The Morgan fingerprint density at radius 2 is 1.85 bits per heavy atom. The van der Waals surface area contributed by atoms with Crippen molar-refractivity contribution in [2.45, 2.75) is 42.4 Å². The third-order valence-electron chi connectivity index (χ3n) is 4.95. The average molecular weight is 387 g/mol. The van der Waals surface area contributed by atoms with Gasteiger partial charge >= 0.3 is 5.97 Å². The van der Waals surface area contributed by atoms with Gasteiger partial charge in [-0.2, -0.15) is 0 Å². The van der Waals surface area contributed by atoms with Crippen LogP contribution in [-0.2, 0) is 4.79 Å². The lowest BCUT2D eigenvalue weighted by Gasteiger charge is -2.23. The summed E-state index contributed by atoms with van der Waals surface area (Å²) in [6.45, 7) is 4.19. The molecule has 1 amide bonds. The molecule has 0 radical (unpaired) electrons. The highest BCUT2D eigenvalue weighted by Gasteiger charge is 2.34. The van der Waals surface area contributed by atoms with Crippen LogP contribution in [0.15, 0.2) is 53.4 Å². The summed E-state index contributed by atoms with van der Waals surface area (Å²) in [4.78, 5) is 26.8. The number of carbonyl (C=O) groups is 2. The Labute approximate surface area is 162 Å². The van der Waals surface area contributed by atoms with Gasteiger partial charge in [-0.1, -0.05) is 24.3 Å². The van der Waals surface area contributed by atoms with Crippen molar-refractivity contribution in [1.29, 1.82) is 0 Å². The number of hydrogen-bond acceptors (Lipinski definition) is 3. The normalized spacial score (nSPS) is 20.5. The van der Waals surface area contributed by atoms with Crippen molar-refractivity contribution in [2.75, 3.05) is 6.54 Å². The molecule has 1 aliphatic heterocycles. The van der Waals surface area contributed by atoms with E-state index in [1.54, 1.807) is 37.3 Å². The number of likely N-dealkylation sites (tertiary alicyclic amines) is 1. The Hall–Kier alpha value is -2.34. The van der Waals surface area contributed by atoms with Gasteiger partial charge in [-0.05, 0) is 50.1 Å². The number of aliphatic carboxylic acids is 1. The van der Waals surface area contributed by atoms with Gasteiger partial charge in [0, 0.05) is 23.4 Å². The summed E-state index contributed by atoms with van der Waals surface area (Å²) in [6.07, 6.45) is 0.818. The number of benzene rings is 2. The lowest BCUT2D eigenvalue weighted by Crippen LogP contribution is -2.34. The maximum absolute atomic E-state index is 13.2. The van der Waals surface area contributed by atoms with E-state index in [0.717, 1.165) is 12.0 Å². The van der Waals surface area contributed by atoms with Crippen molar-refractivity contribution in [1.82, 2.24) is 4.90 Å². The van der Waals surface area contributed by atoms with Crippen molar-refractivity contribution in [3.05, 3.63) is 65.5 Å². The lowest BCUT2D eigenvalue weighted by atomic mass is 9.97. The third-order valence-corrected chi connectivity index (χ3v) is 6.11. The number of thioether (sulfide) groups is 1. The predicted molar refractivity (Wildman–Crippen MR) is 104 cm³/mol. The number of carboxylic acid groups (broad SMARTS) is 1. The minimum atomic E-state index is -0.909. The molecular formula is C21H22FNO3S. The topological polar surface area (TPSA) is 57.6 Å². The van der Waals surface area contributed by atoms with Crippen LogP contribution in [0.25, 0.3) is 0 Å². The van der Waals surface area contributed by atoms with Gasteiger partial charge in [0.15, 0.2) is 0 Å². The van der Waals surface area contributed by atoms with Gasteiger partial charge in [0.1, 0.15) is 11.1 Å². The van der Waals surface area contributed by atoms with Crippen molar-refractivity contribution < 1.29 is 19.1 Å². The Balaban J connectivity index is 1.80. The van der Waals surface area contributed by atoms with E-state index in [0.29, 0.717) is 17.0 Å². The zero-order chi connectivity index (χ0) is 19.6. The van der Waals surface area contributed by atoms with Crippen LogP contribution in [-0.4, -0.2) is 39.7 Å². The number of carbonyl (C=O) groups excluding carboxylic acids is 1. The molecule has 2 aromatic rings. The average Bonchev–Trinajstić information content (AvgIpc) is 3.03. The molecule has 1 fully saturated rings. The summed E-state index contributed by atoms with van der Waals surface area (Å²) in [5, 5.41) is 8.53. The van der Waals surface area contributed by atoms with Crippen LogP contribution in [0.3, 0.4) is 0 Å². The Bertz CT molecular complexity index is 840. The maximum atomic E-state index is 13.2. The van der Waals surface area contributed by atoms with Gasteiger partial charge < -0.3 is 10.0 Å². The fourth-order valence-corrected chi connectivity index (χ4v) is 4.35. The van der Waals surface area contributed by atoms with E-state index >= 15 is 0 Å². The summed E-state index contributed by atoms with van der Waals surface area (Å²) < 4.78 is 13.2. The van der Waals surface area contributed by atoms with Gasteiger partial charge in [0.25, 0.3) is 5.91 Å². The predicted octanol–water partition coefficient (Wildman–Crippen LogP) is 4.41. The van der Waals surface area contributed by atoms with E-state index < -0.39 is 11.2 Å². The first-order chi connectivity index (χ1) is 12.9. The standard InChI is InChI=1S/C21H22FNO3S/c1-13-11-16(15-7-9-17(22)10-8-15)12-23(13)20(24)18-5-3-4-6-19(18)27-14(2)21(25)26/h3-10,13-14,16H,11-12H2,1-2H3,(H,25,26). The van der Waals surface area contributed by atoms with Gasteiger partial charge in [0.05, 0.1) is 5.56 Å².